The van der Waals surface area contributed by atoms with Gasteiger partial charge in [-0.15, -0.1) is 29.5 Å². The Kier molecular flexibility index (Phi) is 5.62. The highest BCUT2D eigenvalue weighted by molar-refractivity contribution is 7.13. The Labute approximate surface area is 133 Å². The molecule has 0 aliphatic heterocycles. The second-order valence-electron chi connectivity index (χ2n) is 5.28. The minimum absolute atomic E-state index is 0.0204. The first-order valence-electron chi connectivity index (χ1n) is 6.94. The Morgan fingerprint density at radius 1 is 1.48 bits per heavy atom. The fourth-order valence-electron chi connectivity index (χ4n) is 2.78. The highest BCUT2D eigenvalue weighted by Crippen LogP contribution is 2.39. The largest absolute Gasteiger partial charge is 0.477 e. The lowest BCUT2D eigenvalue weighted by molar-refractivity contribution is 0.0702. The van der Waals surface area contributed by atoms with Gasteiger partial charge < -0.3 is 10.2 Å². The topological polar surface area (TPSA) is 57.5 Å². The van der Waals surface area contributed by atoms with Crippen molar-refractivity contribution in [3.63, 3.8) is 0 Å². The summed E-state index contributed by atoms with van der Waals surface area (Å²) in [7, 11) is 0. The number of carboxylic acids is 1. The smallest absolute Gasteiger partial charge is 0.345 e. The first-order valence-corrected chi connectivity index (χ1v) is 8.20. The molecule has 114 valence electrons. The Morgan fingerprint density at radius 2 is 2.24 bits per heavy atom. The molecule has 2 rings (SSSR count). The number of thiophene rings is 1. The van der Waals surface area contributed by atoms with Crippen LogP contribution in [0.5, 0.6) is 0 Å². The standard InChI is InChI=1S/C16H19ClO3S/c1-2-11-12(13(17)9-14(11)18)6-4-3-5-10-7-8-15(21-10)16(19)20/h2-4,7-8,11-14,18H,1,5-6,9H2,(H,19,20)/b4-3+/t11-,12-,13-,14-/m1/s1. The van der Waals surface area contributed by atoms with E-state index in [0.29, 0.717) is 11.3 Å². The summed E-state index contributed by atoms with van der Waals surface area (Å²) in [5.74, 6) is -0.611. The van der Waals surface area contributed by atoms with Gasteiger partial charge in [-0.2, -0.15) is 0 Å². The van der Waals surface area contributed by atoms with Crippen LogP contribution in [-0.2, 0) is 6.42 Å². The number of alkyl halides is 1. The number of rotatable bonds is 6. The summed E-state index contributed by atoms with van der Waals surface area (Å²) < 4.78 is 0. The Balaban J connectivity index is 1.87. The van der Waals surface area contributed by atoms with E-state index in [4.69, 9.17) is 16.7 Å². The van der Waals surface area contributed by atoms with Crippen LogP contribution in [0.3, 0.4) is 0 Å². The molecule has 0 amide bonds. The van der Waals surface area contributed by atoms with Crippen LogP contribution in [0.1, 0.15) is 27.4 Å². The SMILES string of the molecule is C=C[C@@H]1[C@@H](C/C=C/Cc2ccc(C(=O)O)s2)[C@H](Cl)C[C@H]1O. The summed E-state index contributed by atoms with van der Waals surface area (Å²) in [6, 6.07) is 3.47. The molecule has 1 aromatic rings. The van der Waals surface area contributed by atoms with Crippen LogP contribution in [0.2, 0.25) is 0 Å². The molecule has 1 fully saturated rings. The molecule has 0 radical (unpaired) electrons. The fraction of sp³-hybridized carbons (Fsp3) is 0.438. The highest BCUT2D eigenvalue weighted by atomic mass is 35.5. The number of hydrogen-bond donors (Lipinski definition) is 2. The molecular formula is C16H19ClO3S. The van der Waals surface area contributed by atoms with Crippen molar-refractivity contribution in [2.75, 3.05) is 0 Å². The molecule has 1 aromatic heterocycles. The van der Waals surface area contributed by atoms with E-state index in [1.54, 1.807) is 12.1 Å². The summed E-state index contributed by atoms with van der Waals surface area (Å²) >= 11 is 7.57. The van der Waals surface area contributed by atoms with E-state index in [2.05, 4.69) is 12.7 Å². The van der Waals surface area contributed by atoms with E-state index in [1.165, 1.54) is 11.3 Å². The summed E-state index contributed by atoms with van der Waals surface area (Å²) in [4.78, 5) is 12.2. The zero-order chi connectivity index (χ0) is 15.4. The van der Waals surface area contributed by atoms with Gasteiger partial charge >= 0.3 is 5.97 Å². The quantitative estimate of drug-likeness (QED) is 0.618. The van der Waals surface area contributed by atoms with Crippen molar-refractivity contribution < 1.29 is 15.0 Å². The third-order valence-corrected chi connectivity index (χ3v) is 5.51. The van der Waals surface area contributed by atoms with Gasteiger partial charge in [0.15, 0.2) is 0 Å². The maximum Gasteiger partial charge on any atom is 0.345 e. The lowest BCUT2D eigenvalue weighted by Crippen LogP contribution is -2.17. The Morgan fingerprint density at radius 3 is 2.86 bits per heavy atom. The normalized spacial score (nSPS) is 29.0. The van der Waals surface area contributed by atoms with Crippen LogP contribution < -0.4 is 0 Å². The van der Waals surface area contributed by atoms with E-state index < -0.39 is 5.97 Å². The minimum atomic E-state index is -0.881. The van der Waals surface area contributed by atoms with Crippen molar-refractivity contribution in [1.82, 2.24) is 0 Å². The summed E-state index contributed by atoms with van der Waals surface area (Å²) in [6.07, 6.45) is 7.64. The molecule has 0 spiro atoms. The highest BCUT2D eigenvalue weighted by Gasteiger charge is 2.38. The molecule has 1 aliphatic rings. The van der Waals surface area contributed by atoms with Crippen LogP contribution in [-0.4, -0.2) is 27.7 Å². The molecule has 0 saturated heterocycles. The number of carboxylic acid groups (broad SMARTS) is 1. The lowest BCUT2D eigenvalue weighted by atomic mass is 9.91. The number of aromatic carboxylic acids is 1. The van der Waals surface area contributed by atoms with Crippen molar-refractivity contribution >= 4 is 28.9 Å². The summed E-state index contributed by atoms with van der Waals surface area (Å²) in [5, 5.41) is 18.7. The van der Waals surface area contributed by atoms with Gasteiger partial charge in [0, 0.05) is 16.2 Å². The molecule has 3 nitrogen and oxygen atoms in total. The zero-order valence-corrected chi connectivity index (χ0v) is 13.2. The number of halogens is 1. The maximum atomic E-state index is 10.8. The van der Waals surface area contributed by atoms with Gasteiger partial charge in [0.05, 0.1) is 6.10 Å². The first kappa shape index (κ1) is 16.3. The number of aliphatic hydroxyl groups excluding tert-OH is 1. The Bertz CT molecular complexity index is 537. The predicted molar refractivity (Wildman–Crippen MR) is 86.2 cm³/mol. The molecule has 1 heterocycles. The molecule has 0 unspecified atom stereocenters. The predicted octanol–water partition coefficient (Wildman–Crippen LogP) is 3.73. The van der Waals surface area contributed by atoms with E-state index in [1.807, 2.05) is 12.1 Å². The van der Waals surface area contributed by atoms with E-state index in [0.717, 1.165) is 17.7 Å². The van der Waals surface area contributed by atoms with E-state index in [-0.39, 0.29) is 23.3 Å². The van der Waals surface area contributed by atoms with Gasteiger partial charge in [-0.05, 0) is 37.3 Å². The van der Waals surface area contributed by atoms with Crippen LogP contribution in [0.25, 0.3) is 0 Å². The molecule has 2 N–H and O–H groups in total. The van der Waals surface area contributed by atoms with Crippen molar-refractivity contribution in [3.8, 4) is 0 Å². The lowest BCUT2D eigenvalue weighted by Gasteiger charge is -2.18. The van der Waals surface area contributed by atoms with Crippen molar-refractivity contribution in [3.05, 3.63) is 46.7 Å². The van der Waals surface area contributed by atoms with Crippen molar-refractivity contribution in [2.45, 2.75) is 30.7 Å². The van der Waals surface area contributed by atoms with Gasteiger partial charge in [0.25, 0.3) is 0 Å². The number of carbonyl (C=O) groups is 1. The number of allylic oxidation sites excluding steroid dienone is 2. The molecule has 5 heteroatoms. The van der Waals surface area contributed by atoms with Crippen LogP contribution >= 0.6 is 22.9 Å². The molecule has 1 saturated carbocycles. The second kappa shape index (κ2) is 7.25. The summed E-state index contributed by atoms with van der Waals surface area (Å²) in [6.45, 7) is 3.78. The van der Waals surface area contributed by atoms with Crippen molar-refractivity contribution in [1.29, 1.82) is 0 Å². The van der Waals surface area contributed by atoms with Gasteiger partial charge in [0.1, 0.15) is 4.88 Å². The number of hydrogen-bond acceptors (Lipinski definition) is 3. The molecule has 0 aromatic carbocycles. The van der Waals surface area contributed by atoms with E-state index in [9.17, 15) is 9.90 Å². The first-order chi connectivity index (χ1) is 10.0. The average Bonchev–Trinajstić information content (AvgIpc) is 3.00. The van der Waals surface area contributed by atoms with Gasteiger partial charge in [0.2, 0.25) is 0 Å². The van der Waals surface area contributed by atoms with Crippen LogP contribution in [0, 0.1) is 11.8 Å². The molecule has 21 heavy (non-hydrogen) atoms. The van der Waals surface area contributed by atoms with Crippen molar-refractivity contribution in [2.24, 2.45) is 11.8 Å². The molecule has 0 bridgehead atoms. The number of aliphatic hydroxyl groups is 1. The minimum Gasteiger partial charge on any atom is -0.477 e. The van der Waals surface area contributed by atoms with E-state index >= 15 is 0 Å². The van der Waals surface area contributed by atoms with Crippen LogP contribution in [0.4, 0.5) is 0 Å². The monoisotopic (exact) mass is 326 g/mol. The molecular weight excluding hydrogens is 308 g/mol. The third kappa shape index (κ3) is 3.96. The van der Waals surface area contributed by atoms with Crippen LogP contribution in [0.15, 0.2) is 36.9 Å². The molecule has 1 aliphatic carbocycles. The van der Waals surface area contributed by atoms with Gasteiger partial charge in [-0.1, -0.05) is 18.2 Å². The van der Waals surface area contributed by atoms with Gasteiger partial charge in [-0.25, -0.2) is 4.79 Å². The summed E-state index contributed by atoms with van der Waals surface area (Å²) in [5.41, 5.74) is 0. The fourth-order valence-corrected chi connectivity index (χ4v) is 4.06. The van der Waals surface area contributed by atoms with Gasteiger partial charge in [-0.3, -0.25) is 0 Å². The molecule has 4 atom stereocenters. The zero-order valence-electron chi connectivity index (χ0n) is 11.6. The second-order valence-corrected chi connectivity index (χ2v) is 7.01. The third-order valence-electron chi connectivity index (χ3n) is 3.91. The maximum absolute atomic E-state index is 10.8. The Hall–Kier alpha value is -1.10. The average molecular weight is 327 g/mol.